The molecule has 0 unspecified atom stereocenters. The lowest BCUT2D eigenvalue weighted by Gasteiger charge is -2.14. The average molecular weight is 314 g/mol. The van der Waals surface area contributed by atoms with Gasteiger partial charge in [0.1, 0.15) is 23.7 Å². The van der Waals surface area contributed by atoms with Crippen molar-refractivity contribution in [1.82, 2.24) is 19.5 Å². The van der Waals surface area contributed by atoms with E-state index in [0.717, 1.165) is 10.2 Å². The van der Waals surface area contributed by atoms with Gasteiger partial charge in [-0.3, -0.25) is 9.59 Å². The Hall–Kier alpha value is -2.96. The van der Waals surface area contributed by atoms with Crippen LogP contribution in [0.2, 0.25) is 0 Å². The van der Waals surface area contributed by atoms with Crippen LogP contribution in [-0.4, -0.2) is 20.1 Å². The number of carbonyl (C=O) groups is 1. The summed E-state index contributed by atoms with van der Waals surface area (Å²) in [7, 11) is 0. The van der Waals surface area contributed by atoms with Gasteiger partial charge >= 0.3 is 0 Å². The van der Waals surface area contributed by atoms with Crippen molar-refractivity contribution >= 4 is 11.4 Å². The summed E-state index contributed by atoms with van der Waals surface area (Å²) in [5, 5.41) is 6.74. The molecule has 7 heteroatoms. The zero-order chi connectivity index (χ0) is 16.4. The molecular weight excluding hydrogens is 299 g/mol. The minimum Gasteiger partial charge on any atom is -0.350 e. The van der Waals surface area contributed by atoms with E-state index in [1.54, 1.807) is 41.8 Å². The zero-order valence-corrected chi connectivity index (χ0v) is 12.4. The summed E-state index contributed by atoms with van der Waals surface area (Å²) in [5.41, 5.74) is 0.898. The summed E-state index contributed by atoms with van der Waals surface area (Å²) in [5.74, 6) is -0.662. The molecule has 2 heterocycles. The van der Waals surface area contributed by atoms with Crippen molar-refractivity contribution in [2.24, 2.45) is 0 Å². The number of hydrogen-bond donors (Lipinski definition) is 1. The standard InChI is InChI=1S/C16H15FN4O2/c1-11(15(22)18-9-12-4-6-13(17)7-5-12)21-16(23)14-3-2-8-20(14)10-19-21/h2-8,10-11H,9H2,1H3,(H,18,22)/t11-/m1/s1. The molecule has 0 spiro atoms. The molecule has 0 fully saturated rings. The predicted molar refractivity (Wildman–Crippen MR) is 82.4 cm³/mol. The molecule has 118 valence electrons. The molecule has 1 atom stereocenters. The summed E-state index contributed by atoms with van der Waals surface area (Å²) in [6, 6.07) is 8.51. The van der Waals surface area contributed by atoms with Crippen LogP contribution in [-0.2, 0) is 11.3 Å². The number of aromatic nitrogens is 3. The normalized spacial score (nSPS) is 12.3. The van der Waals surface area contributed by atoms with Crippen LogP contribution < -0.4 is 10.9 Å². The molecule has 0 aliphatic heterocycles. The van der Waals surface area contributed by atoms with E-state index in [9.17, 15) is 14.0 Å². The summed E-state index contributed by atoms with van der Waals surface area (Å²) in [6.07, 6.45) is 3.20. The lowest BCUT2D eigenvalue weighted by atomic mass is 10.2. The number of rotatable bonds is 4. The van der Waals surface area contributed by atoms with Gasteiger partial charge < -0.3 is 9.72 Å². The Morgan fingerprint density at radius 2 is 2.04 bits per heavy atom. The van der Waals surface area contributed by atoms with Crippen molar-refractivity contribution in [3.05, 3.63) is 70.7 Å². The number of fused-ring (bicyclic) bond motifs is 1. The minimum absolute atomic E-state index is 0.256. The highest BCUT2D eigenvalue weighted by Crippen LogP contribution is 2.05. The summed E-state index contributed by atoms with van der Waals surface area (Å²) >= 11 is 0. The fourth-order valence-corrected chi connectivity index (χ4v) is 2.28. The molecule has 0 saturated carbocycles. The Morgan fingerprint density at radius 1 is 1.30 bits per heavy atom. The van der Waals surface area contributed by atoms with E-state index in [4.69, 9.17) is 0 Å². The van der Waals surface area contributed by atoms with Gasteiger partial charge in [-0.25, -0.2) is 9.07 Å². The number of amides is 1. The molecule has 1 aromatic carbocycles. The van der Waals surface area contributed by atoms with Gasteiger partial charge in [0.05, 0.1) is 0 Å². The molecule has 0 radical (unpaired) electrons. The quantitative estimate of drug-likeness (QED) is 0.794. The number of hydrogen-bond acceptors (Lipinski definition) is 3. The predicted octanol–water partition coefficient (Wildman–Crippen LogP) is 1.51. The minimum atomic E-state index is -0.747. The second kappa shape index (κ2) is 6.04. The molecule has 0 bridgehead atoms. The van der Waals surface area contributed by atoms with Gasteiger partial charge in [0.15, 0.2) is 0 Å². The van der Waals surface area contributed by atoms with E-state index in [-0.39, 0.29) is 23.8 Å². The fraction of sp³-hybridized carbons (Fsp3) is 0.188. The first-order valence-electron chi connectivity index (χ1n) is 7.13. The maximum atomic E-state index is 12.8. The first-order valence-corrected chi connectivity index (χ1v) is 7.13. The molecule has 3 aromatic rings. The van der Waals surface area contributed by atoms with E-state index < -0.39 is 6.04 Å². The van der Waals surface area contributed by atoms with Crippen molar-refractivity contribution in [3.8, 4) is 0 Å². The average Bonchev–Trinajstić information content (AvgIpc) is 3.03. The van der Waals surface area contributed by atoms with Crippen LogP contribution in [0, 0.1) is 5.82 Å². The molecule has 3 rings (SSSR count). The SMILES string of the molecule is C[C@H](C(=O)NCc1ccc(F)cc1)n1ncn2cccc2c1=O. The van der Waals surface area contributed by atoms with E-state index in [1.807, 2.05) is 0 Å². The molecule has 6 nitrogen and oxygen atoms in total. The first kappa shape index (κ1) is 15.0. The third-order valence-electron chi connectivity index (χ3n) is 3.63. The zero-order valence-electron chi connectivity index (χ0n) is 12.4. The van der Waals surface area contributed by atoms with Crippen LogP contribution in [0.4, 0.5) is 4.39 Å². The highest BCUT2D eigenvalue weighted by atomic mass is 19.1. The molecule has 0 saturated heterocycles. The van der Waals surface area contributed by atoms with Crippen LogP contribution in [0.5, 0.6) is 0 Å². The van der Waals surface area contributed by atoms with E-state index >= 15 is 0 Å². The number of nitrogens with one attached hydrogen (secondary N) is 1. The Balaban J connectivity index is 1.74. The fourth-order valence-electron chi connectivity index (χ4n) is 2.28. The van der Waals surface area contributed by atoms with Gasteiger partial charge in [0.25, 0.3) is 5.56 Å². The molecule has 0 aliphatic rings. The van der Waals surface area contributed by atoms with Gasteiger partial charge in [-0.05, 0) is 36.8 Å². The van der Waals surface area contributed by atoms with E-state index in [0.29, 0.717) is 5.52 Å². The topological polar surface area (TPSA) is 68.4 Å². The number of nitrogens with zero attached hydrogens (tertiary/aromatic N) is 3. The van der Waals surface area contributed by atoms with Crippen molar-refractivity contribution < 1.29 is 9.18 Å². The molecular formula is C16H15FN4O2. The van der Waals surface area contributed by atoms with Crippen molar-refractivity contribution in [1.29, 1.82) is 0 Å². The van der Waals surface area contributed by atoms with Gasteiger partial charge in [0.2, 0.25) is 5.91 Å². The van der Waals surface area contributed by atoms with E-state index in [1.165, 1.54) is 18.5 Å². The number of carbonyl (C=O) groups excluding carboxylic acids is 1. The lowest BCUT2D eigenvalue weighted by molar-refractivity contribution is -0.124. The number of halogens is 1. The smallest absolute Gasteiger partial charge is 0.291 e. The van der Waals surface area contributed by atoms with Gasteiger partial charge in [-0.2, -0.15) is 5.10 Å². The van der Waals surface area contributed by atoms with Gasteiger partial charge in [-0.15, -0.1) is 0 Å². The third-order valence-corrected chi connectivity index (χ3v) is 3.63. The summed E-state index contributed by atoms with van der Waals surface area (Å²) < 4.78 is 15.6. The maximum absolute atomic E-state index is 12.8. The van der Waals surface area contributed by atoms with Gasteiger partial charge in [-0.1, -0.05) is 12.1 Å². The molecule has 23 heavy (non-hydrogen) atoms. The van der Waals surface area contributed by atoms with Crippen molar-refractivity contribution in [3.63, 3.8) is 0 Å². The van der Waals surface area contributed by atoms with Crippen LogP contribution in [0.25, 0.3) is 5.52 Å². The summed E-state index contributed by atoms with van der Waals surface area (Å²) in [6.45, 7) is 1.86. The Kier molecular flexibility index (Phi) is 3.92. The number of benzene rings is 1. The van der Waals surface area contributed by atoms with Crippen LogP contribution in [0.1, 0.15) is 18.5 Å². The molecule has 0 aliphatic carbocycles. The molecule has 1 amide bonds. The largest absolute Gasteiger partial charge is 0.350 e. The Morgan fingerprint density at radius 3 is 2.78 bits per heavy atom. The van der Waals surface area contributed by atoms with Gasteiger partial charge in [0, 0.05) is 12.7 Å². The maximum Gasteiger partial charge on any atom is 0.291 e. The van der Waals surface area contributed by atoms with Crippen molar-refractivity contribution in [2.45, 2.75) is 19.5 Å². The van der Waals surface area contributed by atoms with Crippen LogP contribution in [0.15, 0.2) is 53.7 Å². The Bertz CT molecular complexity index is 898. The molecule has 2 aromatic heterocycles. The Labute approximate surface area is 131 Å². The highest BCUT2D eigenvalue weighted by Gasteiger charge is 2.18. The third kappa shape index (κ3) is 2.98. The van der Waals surface area contributed by atoms with Crippen molar-refractivity contribution in [2.75, 3.05) is 0 Å². The second-order valence-electron chi connectivity index (χ2n) is 5.20. The molecule has 1 N–H and O–H groups in total. The second-order valence-corrected chi connectivity index (χ2v) is 5.20. The summed E-state index contributed by atoms with van der Waals surface area (Å²) in [4.78, 5) is 24.5. The van der Waals surface area contributed by atoms with E-state index in [2.05, 4.69) is 10.4 Å². The van der Waals surface area contributed by atoms with Crippen LogP contribution >= 0.6 is 0 Å². The first-order chi connectivity index (χ1) is 11.1. The lowest BCUT2D eigenvalue weighted by Crippen LogP contribution is -2.37. The highest BCUT2D eigenvalue weighted by molar-refractivity contribution is 5.79. The monoisotopic (exact) mass is 314 g/mol. The van der Waals surface area contributed by atoms with Crippen LogP contribution in [0.3, 0.4) is 0 Å².